The highest BCUT2D eigenvalue weighted by atomic mass is 31.0. The van der Waals surface area contributed by atoms with Gasteiger partial charge in [-0.1, -0.05) is 110 Å². The Balaban J connectivity index is 3.52. The molecule has 0 rings (SSSR count). The number of carbonyl (C=O) groups is 1. The second-order valence-corrected chi connectivity index (χ2v) is 9.49. The van der Waals surface area contributed by atoms with E-state index < -0.39 is 5.97 Å². The summed E-state index contributed by atoms with van der Waals surface area (Å²) in [5.74, 6) is -0.696. The van der Waals surface area contributed by atoms with Crippen LogP contribution in [0.2, 0.25) is 0 Å². The zero-order chi connectivity index (χ0) is 20.2. The fourth-order valence-corrected chi connectivity index (χ4v) is 4.34. The molecule has 0 aromatic rings. The monoisotopic (exact) mass is 400 g/mol. The van der Waals surface area contributed by atoms with Gasteiger partial charge in [-0.3, -0.25) is 4.79 Å². The van der Waals surface area contributed by atoms with Gasteiger partial charge in [0, 0.05) is 0 Å². The molecule has 0 amide bonds. The molecule has 0 spiro atoms. The number of unbranched alkanes of at least 4 members (excludes halogenated alkanes) is 12. The Morgan fingerprint density at radius 3 is 1.52 bits per heavy atom. The largest absolute Gasteiger partial charge is 0.481 e. The van der Waals surface area contributed by atoms with E-state index in [1.165, 1.54) is 96.3 Å². The molecule has 3 heteroatoms. The minimum atomic E-state index is -0.582. The molecule has 0 saturated heterocycles. The highest BCUT2D eigenvalue weighted by molar-refractivity contribution is 7.17. The summed E-state index contributed by atoms with van der Waals surface area (Å²) in [6, 6.07) is 0. The molecular formula is C24H49O2P. The number of aliphatic carboxylic acids is 1. The van der Waals surface area contributed by atoms with Gasteiger partial charge >= 0.3 is 5.97 Å². The Hall–Kier alpha value is -0.100. The summed E-state index contributed by atoms with van der Waals surface area (Å²) in [5.41, 5.74) is 0.675. The molecule has 0 heterocycles. The predicted molar refractivity (Wildman–Crippen MR) is 124 cm³/mol. The van der Waals surface area contributed by atoms with Crippen LogP contribution in [0.1, 0.15) is 136 Å². The minimum absolute atomic E-state index is 0.114. The first-order chi connectivity index (χ1) is 13.1. The van der Waals surface area contributed by atoms with Crippen molar-refractivity contribution in [1.82, 2.24) is 0 Å². The summed E-state index contributed by atoms with van der Waals surface area (Å²) < 4.78 is 0. The molecule has 0 saturated carbocycles. The second-order valence-electron chi connectivity index (χ2n) is 8.55. The molecule has 3 atom stereocenters. The average molecular weight is 401 g/mol. The highest BCUT2D eigenvalue weighted by Gasteiger charge is 2.16. The standard InChI is InChI=1S/C24H49O2P/c1-3-5-7-9-10-11-12-13-14-16-20-23(27)21-17-19-22(24(25)26)18-15-8-6-4-2/h22-23H,3-21,27H2,1-2H3,(H,25,26). The average Bonchev–Trinajstić information content (AvgIpc) is 2.65. The highest BCUT2D eigenvalue weighted by Crippen LogP contribution is 2.23. The third-order valence-electron chi connectivity index (χ3n) is 5.81. The molecule has 0 bridgehead atoms. The molecule has 162 valence electrons. The van der Waals surface area contributed by atoms with Crippen LogP contribution in [0.4, 0.5) is 0 Å². The van der Waals surface area contributed by atoms with Crippen LogP contribution in [0.3, 0.4) is 0 Å². The van der Waals surface area contributed by atoms with Crippen LogP contribution in [0, 0.1) is 5.92 Å². The Morgan fingerprint density at radius 1 is 0.630 bits per heavy atom. The van der Waals surface area contributed by atoms with E-state index in [1.807, 2.05) is 0 Å². The van der Waals surface area contributed by atoms with E-state index in [0.717, 1.165) is 25.7 Å². The van der Waals surface area contributed by atoms with E-state index in [1.54, 1.807) is 0 Å². The van der Waals surface area contributed by atoms with Crippen LogP contribution in [-0.2, 0) is 4.79 Å². The van der Waals surface area contributed by atoms with Crippen molar-refractivity contribution in [2.24, 2.45) is 5.92 Å². The number of hydrogen-bond donors (Lipinski definition) is 1. The minimum Gasteiger partial charge on any atom is -0.481 e. The number of carboxylic acids is 1. The summed E-state index contributed by atoms with van der Waals surface area (Å²) in [4.78, 5) is 11.4. The Kier molecular flexibility index (Phi) is 20.6. The zero-order valence-electron chi connectivity index (χ0n) is 18.5. The summed E-state index contributed by atoms with van der Waals surface area (Å²) in [7, 11) is 3.00. The van der Waals surface area contributed by atoms with Gasteiger partial charge in [-0.05, 0) is 31.3 Å². The molecule has 0 aliphatic heterocycles. The van der Waals surface area contributed by atoms with Crippen LogP contribution in [-0.4, -0.2) is 16.7 Å². The topological polar surface area (TPSA) is 37.3 Å². The van der Waals surface area contributed by atoms with Gasteiger partial charge in [0.1, 0.15) is 0 Å². The maximum Gasteiger partial charge on any atom is 0.306 e. The van der Waals surface area contributed by atoms with Gasteiger partial charge in [0.05, 0.1) is 5.92 Å². The molecule has 3 unspecified atom stereocenters. The lowest BCUT2D eigenvalue weighted by Gasteiger charge is -2.15. The fourth-order valence-electron chi connectivity index (χ4n) is 3.87. The molecule has 0 aromatic heterocycles. The lowest BCUT2D eigenvalue weighted by atomic mass is 9.94. The van der Waals surface area contributed by atoms with Crippen molar-refractivity contribution in [3.05, 3.63) is 0 Å². The van der Waals surface area contributed by atoms with Gasteiger partial charge in [0.15, 0.2) is 0 Å². The van der Waals surface area contributed by atoms with Crippen molar-refractivity contribution in [2.75, 3.05) is 0 Å². The quantitative estimate of drug-likeness (QED) is 0.155. The summed E-state index contributed by atoms with van der Waals surface area (Å²) in [6.07, 6.45) is 23.9. The summed E-state index contributed by atoms with van der Waals surface area (Å²) in [5, 5.41) is 9.39. The summed E-state index contributed by atoms with van der Waals surface area (Å²) in [6.45, 7) is 4.47. The molecule has 1 N–H and O–H groups in total. The van der Waals surface area contributed by atoms with E-state index in [-0.39, 0.29) is 5.92 Å². The van der Waals surface area contributed by atoms with Crippen LogP contribution in [0.15, 0.2) is 0 Å². The van der Waals surface area contributed by atoms with Crippen LogP contribution in [0.25, 0.3) is 0 Å². The Bertz CT molecular complexity index is 320. The smallest absolute Gasteiger partial charge is 0.306 e. The maximum atomic E-state index is 11.4. The predicted octanol–water partition coefficient (Wildman–Crippen LogP) is 8.38. The van der Waals surface area contributed by atoms with Gasteiger partial charge in [-0.15, -0.1) is 9.24 Å². The van der Waals surface area contributed by atoms with E-state index >= 15 is 0 Å². The molecular weight excluding hydrogens is 351 g/mol. The molecule has 27 heavy (non-hydrogen) atoms. The van der Waals surface area contributed by atoms with E-state index in [0.29, 0.717) is 5.66 Å². The molecule has 2 nitrogen and oxygen atoms in total. The lowest BCUT2D eigenvalue weighted by Crippen LogP contribution is -2.14. The first-order valence-electron chi connectivity index (χ1n) is 12.1. The Labute approximate surface area is 172 Å². The van der Waals surface area contributed by atoms with Gasteiger partial charge in [0.2, 0.25) is 0 Å². The van der Waals surface area contributed by atoms with Crippen LogP contribution >= 0.6 is 9.24 Å². The molecule has 0 aromatic carbocycles. The van der Waals surface area contributed by atoms with E-state index in [2.05, 4.69) is 23.1 Å². The number of rotatable bonds is 21. The SMILES string of the molecule is CCCCCCCCCCCCC(P)CCCC(CCCCCC)C(=O)O. The van der Waals surface area contributed by atoms with Crippen LogP contribution < -0.4 is 0 Å². The first kappa shape index (κ1) is 26.9. The van der Waals surface area contributed by atoms with Gasteiger partial charge in [-0.2, -0.15) is 0 Å². The van der Waals surface area contributed by atoms with Gasteiger partial charge in [-0.25, -0.2) is 0 Å². The van der Waals surface area contributed by atoms with Crippen molar-refractivity contribution < 1.29 is 9.90 Å². The third-order valence-corrected chi connectivity index (χ3v) is 6.48. The maximum absolute atomic E-state index is 11.4. The third kappa shape index (κ3) is 19.0. The Morgan fingerprint density at radius 2 is 1.00 bits per heavy atom. The first-order valence-corrected chi connectivity index (χ1v) is 12.8. The summed E-state index contributed by atoms with van der Waals surface area (Å²) >= 11 is 0. The van der Waals surface area contributed by atoms with Crippen LogP contribution in [0.5, 0.6) is 0 Å². The molecule has 0 radical (unpaired) electrons. The molecule has 0 fully saturated rings. The van der Waals surface area contributed by atoms with Crippen molar-refractivity contribution in [3.63, 3.8) is 0 Å². The van der Waals surface area contributed by atoms with Crippen molar-refractivity contribution in [3.8, 4) is 0 Å². The lowest BCUT2D eigenvalue weighted by molar-refractivity contribution is -0.142. The number of carboxylic acid groups (broad SMARTS) is 1. The van der Waals surface area contributed by atoms with Crippen molar-refractivity contribution in [2.45, 2.75) is 142 Å². The molecule has 0 aliphatic carbocycles. The van der Waals surface area contributed by atoms with Crippen molar-refractivity contribution >= 4 is 15.2 Å². The van der Waals surface area contributed by atoms with Gasteiger partial charge in [0.25, 0.3) is 0 Å². The normalized spacial score (nSPS) is 13.6. The zero-order valence-corrected chi connectivity index (χ0v) is 19.7. The second kappa shape index (κ2) is 20.6. The van der Waals surface area contributed by atoms with E-state index in [9.17, 15) is 9.90 Å². The fraction of sp³-hybridized carbons (Fsp3) is 0.958. The van der Waals surface area contributed by atoms with Gasteiger partial charge < -0.3 is 5.11 Å². The van der Waals surface area contributed by atoms with Crippen molar-refractivity contribution in [1.29, 1.82) is 0 Å². The molecule has 0 aliphatic rings. The van der Waals surface area contributed by atoms with E-state index in [4.69, 9.17) is 0 Å². The number of hydrogen-bond acceptors (Lipinski definition) is 1.